The van der Waals surface area contributed by atoms with Crippen molar-refractivity contribution in [2.75, 3.05) is 26.8 Å². The van der Waals surface area contributed by atoms with Crippen molar-refractivity contribution in [3.8, 4) is 0 Å². The van der Waals surface area contributed by atoms with Gasteiger partial charge < -0.3 is 10.1 Å². The highest BCUT2D eigenvalue weighted by Crippen LogP contribution is 2.21. The number of thiophene rings is 1. The predicted octanol–water partition coefficient (Wildman–Crippen LogP) is 2.18. The van der Waals surface area contributed by atoms with Gasteiger partial charge in [0.2, 0.25) is 0 Å². The maximum atomic E-state index is 5.80. The van der Waals surface area contributed by atoms with Crippen LogP contribution in [-0.2, 0) is 11.2 Å². The topological polar surface area (TPSA) is 21.3 Å². The highest BCUT2D eigenvalue weighted by Gasteiger charge is 1.96. The smallest absolute Gasteiger partial charge is 0.0931 e. The van der Waals surface area contributed by atoms with Gasteiger partial charge in [-0.3, -0.25) is 0 Å². The van der Waals surface area contributed by atoms with Crippen LogP contribution in [0, 0.1) is 0 Å². The van der Waals surface area contributed by atoms with E-state index in [-0.39, 0.29) is 0 Å². The molecule has 1 aromatic rings. The van der Waals surface area contributed by atoms with E-state index >= 15 is 0 Å². The van der Waals surface area contributed by atoms with Gasteiger partial charge in [-0.05, 0) is 18.6 Å². The summed E-state index contributed by atoms with van der Waals surface area (Å²) in [5, 5.41) is 3.28. The Kier molecular flexibility index (Phi) is 5.39. The SMILES string of the molecule is COCCNCCc1ccc(Cl)s1. The van der Waals surface area contributed by atoms with Gasteiger partial charge in [-0.25, -0.2) is 0 Å². The minimum atomic E-state index is 0.769. The van der Waals surface area contributed by atoms with E-state index in [4.69, 9.17) is 16.3 Å². The quantitative estimate of drug-likeness (QED) is 0.741. The van der Waals surface area contributed by atoms with Gasteiger partial charge in [-0.1, -0.05) is 11.6 Å². The molecule has 0 aromatic carbocycles. The lowest BCUT2D eigenvalue weighted by Gasteiger charge is -2.01. The fourth-order valence-corrected chi connectivity index (χ4v) is 2.08. The molecule has 0 aliphatic heterocycles. The number of rotatable bonds is 6. The molecule has 0 saturated heterocycles. The van der Waals surface area contributed by atoms with Crippen LogP contribution in [0.15, 0.2) is 12.1 Å². The summed E-state index contributed by atoms with van der Waals surface area (Å²) in [6, 6.07) is 4.02. The predicted molar refractivity (Wildman–Crippen MR) is 57.8 cm³/mol. The molecular weight excluding hydrogens is 206 g/mol. The van der Waals surface area contributed by atoms with E-state index < -0.39 is 0 Å². The van der Waals surface area contributed by atoms with Crippen molar-refractivity contribution in [3.05, 3.63) is 21.3 Å². The molecule has 0 amide bonds. The van der Waals surface area contributed by atoms with Crippen molar-refractivity contribution in [1.82, 2.24) is 5.32 Å². The molecule has 4 heteroatoms. The van der Waals surface area contributed by atoms with Crippen molar-refractivity contribution >= 4 is 22.9 Å². The zero-order chi connectivity index (χ0) is 9.52. The molecular formula is C9H14ClNOS. The van der Waals surface area contributed by atoms with Crippen molar-refractivity contribution in [1.29, 1.82) is 0 Å². The van der Waals surface area contributed by atoms with Gasteiger partial charge in [0, 0.05) is 25.1 Å². The summed E-state index contributed by atoms with van der Waals surface area (Å²) in [5.74, 6) is 0. The summed E-state index contributed by atoms with van der Waals surface area (Å²) in [7, 11) is 1.71. The molecule has 13 heavy (non-hydrogen) atoms. The Balaban J connectivity index is 2.06. The standard InChI is InChI=1S/C9H14ClNOS/c1-12-7-6-11-5-4-8-2-3-9(10)13-8/h2-3,11H,4-7H2,1H3. The third-order valence-electron chi connectivity index (χ3n) is 1.66. The summed E-state index contributed by atoms with van der Waals surface area (Å²) in [6.45, 7) is 2.67. The first-order valence-corrected chi connectivity index (χ1v) is 5.46. The monoisotopic (exact) mass is 219 g/mol. The average molecular weight is 220 g/mol. The van der Waals surface area contributed by atoms with E-state index in [0.717, 1.165) is 30.5 Å². The highest BCUT2D eigenvalue weighted by molar-refractivity contribution is 7.16. The lowest BCUT2D eigenvalue weighted by molar-refractivity contribution is 0.199. The van der Waals surface area contributed by atoms with Gasteiger partial charge in [-0.2, -0.15) is 0 Å². The van der Waals surface area contributed by atoms with E-state index in [2.05, 4.69) is 11.4 Å². The summed E-state index contributed by atoms with van der Waals surface area (Å²) >= 11 is 7.45. The molecule has 0 saturated carbocycles. The van der Waals surface area contributed by atoms with E-state index in [9.17, 15) is 0 Å². The molecule has 0 spiro atoms. The largest absolute Gasteiger partial charge is 0.383 e. The lowest BCUT2D eigenvalue weighted by Crippen LogP contribution is -2.21. The summed E-state index contributed by atoms with van der Waals surface area (Å²) in [4.78, 5) is 1.33. The first-order chi connectivity index (χ1) is 6.33. The molecule has 74 valence electrons. The zero-order valence-corrected chi connectivity index (χ0v) is 9.25. The highest BCUT2D eigenvalue weighted by atomic mass is 35.5. The Hall–Kier alpha value is -0.0900. The molecule has 0 aliphatic rings. The van der Waals surface area contributed by atoms with Crippen LogP contribution in [0.5, 0.6) is 0 Å². The Labute approximate surface area is 87.9 Å². The fourth-order valence-electron chi connectivity index (χ4n) is 0.997. The van der Waals surface area contributed by atoms with Gasteiger partial charge in [0.25, 0.3) is 0 Å². The molecule has 1 rings (SSSR count). The molecule has 0 fully saturated rings. The van der Waals surface area contributed by atoms with Crippen LogP contribution in [0.4, 0.5) is 0 Å². The number of hydrogen-bond donors (Lipinski definition) is 1. The van der Waals surface area contributed by atoms with Gasteiger partial charge >= 0.3 is 0 Å². The van der Waals surface area contributed by atoms with Crippen molar-refractivity contribution < 1.29 is 4.74 Å². The Morgan fingerprint density at radius 2 is 2.31 bits per heavy atom. The van der Waals surface area contributed by atoms with E-state index in [0.29, 0.717) is 0 Å². The summed E-state index contributed by atoms with van der Waals surface area (Å²) < 4.78 is 5.78. The average Bonchev–Trinajstić information content (AvgIpc) is 2.51. The molecule has 1 N–H and O–H groups in total. The molecule has 0 radical (unpaired) electrons. The first kappa shape index (κ1) is 11.0. The maximum Gasteiger partial charge on any atom is 0.0931 e. The van der Waals surface area contributed by atoms with Crippen LogP contribution in [0.2, 0.25) is 4.34 Å². The Morgan fingerprint density at radius 1 is 1.46 bits per heavy atom. The summed E-state index contributed by atoms with van der Waals surface area (Å²) in [5.41, 5.74) is 0. The first-order valence-electron chi connectivity index (χ1n) is 4.27. The van der Waals surface area contributed by atoms with E-state index in [1.165, 1.54) is 4.88 Å². The third kappa shape index (κ3) is 4.62. The van der Waals surface area contributed by atoms with E-state index in [1.54, 1.807) is 18.4 Å². The number of ether oxygens (including phenoxy) is 1. The Morgan fingerprint density at radius 3 is 2.92 bits per heavy atom. The molecule has 0 aliphatic carbocycles. The zero-order valence-electron chi connectivity index (χ0n) is 7.68. The van der Waals surface area contributed by atoms with Crippen LogP contribution in [0.3, 0.4) is 0 Å². The second-order valence-corrected chi connectivity index (χ2v) is 4.50. The number of hydrogen-bond acceptors (Lipinski definition) is 3. The molecule has 0 bridgehead atoms. The fraction of sp³-hybridized carbons (Fsp3) is 0.556. The minimum absolute atomic E-state index is 0.769. The number of nitrogens with one attached hydrogen (secondary N) is 1. The van der Waals surface area contributed by atoms with Crippen LogP contribution >= 0.6 is 22.9 Å². The Bertz CT molecular complexity index is 239. The van der Waals surface area contributed by atoms with Gasteiger partial charge in [0.15, 0.2) is 0 Å². The minimum Gasteiger partial charge on any atom is -0.383 e. The van der Waals surface area contributed by atoms with Crippen LogP contribution < -0.4 is 5.32 Å². The van der Waals surface area contributed by atoms with Crippen molar-refractivity contribution in [2.24, 2.45) is 0 Å². The third-order valence-corrected chi connectivity index (χ3v) is 2.95. The van der Waals surface area contributed by atoms with Gasteiger partial charge in [0.05, 0.1) is 10.9 Å². The van der Waals surface area contributed by atoms with Gasteiger partial charge in [0.1, 0.15) is 0 Å². The van der Waals surface area contributed by atoms with Crippen LogP contribution in [0.25, 0.3) is 0 Å². The van der Waals surface area contributed by atoms with Crippen molar-refractivity contribution in [3.63, 3.8) is 0 Å². The molecule has 0 atom stereocenters. The van der Waals surface area contributed by atoms with E-state index in [1.807, 2.05) is 6.07 Å². The second kappa shape index (κ2) is 6.38. The van der Waals surface area contributed by atoms with Crippen LogP contribution in [-0.4, -0.2) is 26.8 Å². The van der Waals surface area contributed by atoms with Crippen molar-refractivity contribution in [2.45, 2.75) is 6.42 Å². The maximum absolute atomic E-state index is 5.80. The second-order valence-electron chi connectivity index (χ2n) is 2.70. The summed E-state index contributed by atoms with van der Waals surface area (Å²) in [6.07, 6.45) is 1.04. The van der Waals surface area contributed by atoms with Gasteiger partial charge in [-0.15, -0.1) is 11.3 Å². The number of methoxy groups -OCH3 is 1. The molecule has 2 nitrogen and oxygen atoms in total. The van der Waals surface area contributed by atoms with Crippen LogP contribution in [0.1, 0.15) is 4.88 Å². The normalized spacial score (nSPS) is 10.6. The molecule has 1 heterocycles. The number of halogens is 1. The lowest BCUT2D eigenvalue weighted by atomic mass is 10.3. The molecule has 0 unspecified atom stereocenters. The molecule has 1 aromatic heterocycles.